The molecule has 4 aromatic rings. The molecule has 1 aromatic heterocycles. The molecule has 8 heteroatoms. The van der Waals surface area contributed by atoms with Crippen LogP contribution in [0.4, 0.5) is 0 Å². The van der Waals surface area contributed by atoms with Crippen LogP contribution >= 0.6 is 34.5 Å². The zero-order valence-electron chi connectivity index (χ0n) is 16.6. The fraction of sp³-hybridized carbons (Fsp3) is 0.0870. The SMILES string of the molecule is COc1ccc(-c2nc(-c3ccccc3Cl)sc2-c2ccc(S(C)(=O)=O)cc2)cc1Cl. The van der Waals surface area contributed by atoms with Gasteiger partial charge in [-0.05, 0) is 42.0 Å². The van der Waals surface area contributed by atoms with E-state index in [1.807, 2.05) is 30.3 Å². The van der Waals surface area contributed by atoms with E-state index in [2.05, 4.69) is 0 Å². The van der Waals surface area contributed by atoms with Gasteiger partial charge < -0.3 is 4.74 Å². The molecule has 4 nitrogen and oxygen atoms in total. The number of methoxy groups -OCH3 is 1. The zero-order chi connectivity index (χ0) is 22.2. The van der Waals surface area contributed by atoms with Gasteiger partial charge in [-0.2, -0.15) is 0 Å². The molecule has 31 heavy (non-hydrogen) atoms. The first kappa shape index (κ1) is 21.8. The number of aromatic nitrogens is 1. The second-order valence-corrected chi connectivity index (χ2v) is 10.7. The van der Waals surface area contributed by atoms with Crippen LogP contribution in [0.1, 0.15) is 0 Å². The molecule has 158 valence electrons. The quantitative estimate of drug-likeness (QED) is 0.307. The first-order valence-electron chi connectivity index (χ1n) is 9.18. The minimum atomic E-state index is -3.28. The van der Waals surface area contributed by atoms with Gasteiger partial charge in [-0.1, -0.05) is 53.5 Å². The Kier molecular flexibility index (Phi) is 6.08. The Labute approximate surface area is 195 Å². The number of hydrogen-bond donors (Lipinski definition) is 0. The van der Waals surface area contributed by atoms with Crippen molar-refractivity contribution in [2.24, 2.45) is 0 Å². The molecule has 0 fully saturated rings. The van der Waals surface area contributed by atoms with Crippen LogP contribution in [0.2, 0.25) is 10.0 Å². The summed E-state index contributed by atoms with van der Waals surface area (Å²) in [4.78, 5) is 6.02. The Morgan fingerprint density at radius 3 is 2.19 bits per heavy atom. The van der Waals surface area contributed by atoms with Gasteiger partial charge in [0.1, 0.15) is 10.8 Å². The third kappa shape index (κ3) is 4.48. The Balaban J connectivity index is 1.91. The van der Waals surface area contributed by atoms with E-state index < -0.39 is 9.84 Å². The number of rotatable bonds is 5. The van der Waals surface area contributed by atoms with E-state index in [4.69, 9.17) is 32.9 Å². The van der Waals surface area contributed by atoms with Crippen molar-refractivity contribution in [3.8, 4) is 38.0 Å². The zero-order valence-corrected chi connectivity index (χ0v) is 19.7. The van der Waals surface area contributed by atoms with E-state index in [0.29, 0.717) is 15.8 Å². The molecule has 0 spiro atoms. The third-order valence-corrected chi connectivity index (χ3v) is 7.59. The van der Waals surface area contributed by atoms with Gasteiger partial charge in [0.2, 0.25) is 0 Å². The molecule has 0 aliphatic carbocycles. The van der Waals surface area contributed by atoms with Crippen molar-refractivity contribution in [1.82, 2.24) is 4.98 Å². The number of sulfone groups is 1. The average Bonchev–Trinajstić information content (AvgIpc) is 3.18. The van der Waals surface area contributed by atoms with E-state index in [1.165, 1.54) is 17.6 Å². The topological polar surface area (TPSA) is 56.3 Å². The molecule has 0 saturated heterocycles. The Morgan fingerprint density at radius 2 is 1.58 bits per heavy atom. The maximum absolute atomic E-state index is 11.8. The third-order valence-electron chi connectivity index (χ3n) is 4.70. The summed E-state index contributed by atoms with van der Waals surface area (Å²) in [7, 11) is -1.72. The van der Waals surface area contributed by atoms with Crippen molar-refractivity contribution in [3.63, 3.8) is 0 Å². The molecule has 1 heterocycles. The number of benzene rings is 3. The summed E-state index contributed by atoms with van der Waals surface area (Å²) in [5.41, 5.74) is 3.23. The number of hydrogen-bond acceptors (Lipinski definition) is 5. The molecule has 0 aliphatic rings. The van der Waals surface area contributed by atoms with Gasteiger partial charge in [-0.15, -0.1) is 11.3 Å². The van der Waals surface area contributed by atoms with Gasteiger partial charge >= 0.3 is 0 Å². The first-order valence-corrected chi connectivity index (χ1v) is 12.6. The molecule has 0 bridgehead atoms. The largest absolute Gasteiger partial charge is 0.495 e. The Bertz CT molecular complexity index is 1360. The maximum atomic E-state index is 11.8. The highest BCUT2D eigenvalue weighted by atomic mass is 35.5. The van der Waals surface area contributed by atoms with Crippen molar-refractivity contribution in [2.45, 2.75) is 4.90 Å². The van der Waals surface area contributed by atoms with Crippen LogP contribution in [0.5, 0.6) is 5.75 Å². The number of halogens is 2. The predicted molar refractivity (Wildman–Crippen MR) is 128 cm³/mol. The fourth-order valence-corrected chi connectivity index (χ4v) is 5.43. The van der Waals surface area contributed by atoms with Crippen molar-refractivity contribution in [3.05, 3.63) is 76.8 Å². The second kappa shape index (κ2) is 8.63. The summed E-state index contributed by atoms with van der Waals surface area (Å²) in [5.74, 6) is 0.575. The molecule has 0 amide bonds. The summed E-state index contributed by atoms with van der Waals surface area (Å²) >= 11 is 14.3. The summed E-state index contributed by atoms with van der Waals surface area (Å²) in [5, 5.41) is 1.84. The predicted octanol–water partition coefficient (Wildman–Crippen LogP) is 6.86. The monoisotopic (exact) mass is 489 g/mol. The van der Waals surface area contributed by atoms with Crippen LogP contribution in [-0.4, -0.2) is 26.8 Å². The number of ether oxygens (including phenoxy) is 1. The Hall–Kier alpha value is -2.38. The minimum Gasteiger partial charge on any atom is -0.495 e. The van der Waals surface area contributed by atoms with Gasteiger partial charge in [0.05, 0.1) is 32.6 Å². The van der Waals surface area contributed by atoms with Gasteiger partial charge in [-0.3, -0.25) is 0 Å². The van der Waals surface area contributed by atoms with Crippen LogP contribution in [0.3, 0.4) is 0 Å². The first-order chi connectivity index (χ1) is 14.8. The second-order valence-electron chi connectivity index (χ2n) is 6.82. The highest BCUT2D eigenvalue weighted by Crippen LogP contribution is 2.43. The molecule has 0 unspecified atom stereocenters. The molecule has 0 saturated carbocycles. The van der Waals surface area contributed by atoms with Crippen LogP contribution in [-0.2, 0) is 9.84 Å². The van der Waals surface area contributed by atoms with Crippen LogP contribution in [0.25, 0.3) is 32.3 Å². The highest BCUT2D eigenvalue weighted by Gasteiger charge is 2.19. The Morgan fingerprint density at radius 1 is 0.903 bits per heavy atom. The standard InChI is InChI=1S/C23H17Cl2NO3S2/c1-29-20-12-9-15(13-19(20)25)21-22(14-7-10-16(11-8-14)31(2,27)28)30-23(26-21)17-5-3-4-6-18(17)24/h3-13H,1-2H3. The summed E-state index contributed by atoms with van der Waals surface area (Å²) in [6.07, 6.45) is 1.19. The molecule has 4 rings (SSSR count). The molecule has 0 aliphatic heterocycles. The maximum Gasteiger partial charge on any atom is 0.175 e. The van der Waals surface area contributed by atoms with Gasteiger partial charge in [0, 0.05) is 17.4 Å². The van der Waals surface area contributed by atoms with Crippen LogP contribution in [0.15, 0.2) is 71.6 Å². The molecule has 0 radical (unpaired) electrons. The highest BCUT2D eigenvalue weighted by molar-refractivity contribution is 7.90. The van der Waals surface area contributed by atoms with Gasteiger partial charge in [-0.25, -0.2) is 13.4 Å². The average molecular weight is 490 g/mol. The van der Waals surface area contributed by atoms with Crippen LogP contribution < -0.4 is 4.74 Å². The molecule has 0 atom stereocenters. The normalized spacial score (nSPS) is 11.5. The van der Waals surface area contributed by atoms with E-state index in [0.717, 1.165) is 32.3 Å². The van der Waals surface area contributed by atoms with Gasteiger partial charge in [0.25, 0.3) is 0 Å². The molecule has 3 aromatic carbocycles. The van der Waals surface area contributed by atoms with Crippen molar-refractivity contribution >= 4 is 44.4 Å². The van der Waals surface area contributed by atoms with Gasteiger partial charge in [0.15, 0.2) is 9.84 Å². The smallest absolute Gasteiger partial charge is 0.175 e. The minimum absolute atomic E-state index is 0.265. The van der Waals surface area contributed by atoms with E-state index in [9.17, 15) is 8.42 Å². The number of thiazole rings is 1. The van der Waals surface area contributed by atoms with Crippen LogP contribution in [0, 0.1) is 0 Å². The lowest BCUT2D eigenvalue weighted by molar-refractivity contribution is 0.415. The number of nitrogens with zero attached hydrogens (tertiary/aromatic N) is 1. The molecular weight excluding hydrogens is 473 g/mol. The van der Waals surface area contributed by atoms with Crippen molar-refractivity contribution in [1.29, 1.82) is 0 Å². The summed E-state index contributed by atoms with van der Waals surface area (Å²) < 4.78 is 28.9. The molecular formula is C23H17Cl2NO3S2. The van der Waals surface area contributed by atoms with E-state index in [1.54, 1.807) is 43.5 Å². The van der Waals surface area contributed by atoms with Crippen molar-refractivity contribution in [2.75, 3.05) is 13.4 Å². The van der Waals surface area contributed by atoms with E-state index in [-0.39, 0.29) is 4.90 Å². The summed E-state index contributed by atoms with van der Waals surface area (Å²) in [6.45, 7) is 0. The lowest BCUT2D eigenvalue weighted by atomic mass is 10.1. The van der Waals surface area contributed by atoms with Crippen molar-refractivity contribution < 1.29 is 13.2 Å². The lowest BCUT2D eigenvalue weighted by Gasteiger charge is -2.07. The lowest BCUT2D eigenvalue weighted by Crippen LogP contribution is -1.96. The fourth-order valence-electron chi connectivity index (χ4n) is 3.13. The molecule has 0 N–H and O–H groups in total. The van der Waals surface area contributed by atoms with E-state index >= 15 is 0 Å². The summed E-state index contributed by atoms with van der Waals surface area (Å²) in [6, 6.07) is 19.8.